The topological polar surface area (TPSA) is 47.6 Å². The molecule has 0 bridgehead atoms. The van der Waals surface area contributed by atoms with Gasteiger partial charge in [-0.05, 0) is 38.0 Å². The van der Waals surface area contributed by atoms with Crippen LogP contribution in [0.25, 0.3) is 0 Å². The summed E-state index contributed by atoms with van der Waals surface area (Å²) in [5, 5.41) is 3.13. The van der Waals surface area contributed by atoms with Crippen LogP contribution >= 0.6 is 0 Å². The second-order valence-corrected chi connectivity index (χ2v) is 5.69. The maximum absolute atomic E-state index is 13.0. The first-order valence-electron chi connectivity index (χ1n) is 7.23. The average molecular weight is 273 g/mol. The van der Waals surface area contributed by atoms with E-state index in [1.165, 1.54) is 7.11 Å². The summed E-state index contributed by atoms with van der Waals surface area (Å²) < 4.78 is 23.5. The van der Waals surface area contributed by atoms with Crippen LogP contribution in [0.4, 0.5) is 4.39 Å². The van der Waals surface area contributed by atoms with Crippen molar-refractivity contribution in [2.24, 2.45) is 5.92 Å². The number of esters is 1. The maximum Gasteiger partial charge on any atom is 0.305 e. The minimum Gasteiger partial charge on any atom is -0.469 e. The molecule has 0 amide bonds. The summed E-state index contributed by atoms with van der Waals surface area (Å²) in [6.07, 6.45) is 4.67. The van der Waals surface area contributed by atoms with Crippen molar-refractivity contribution in [2.45, 2.75) is 56.8 Å². The summed E-state index contributed by atoms with van der Waals surface area (Å²) >= 11 is 0. The van der Waals surface area contributed by atoms with Gasteiger partial charge in [0.05, 0.1) is 19.8 Å². The van der Waals surface area contributed by atoms with E-state index in [4.69, 9.17) is 9.47 Å². The minimum absolute atomic E-state index is 0.117. The number of methoxy groups -OCH3 is 1. The molecule has 110 valence electrons. The molecule has 2 fully saturated rings. The molecule has 1 saturated carbocycles. The highest BCUT2D eigenvalue weighted by Crippen LogP contribution is 2.29. The minimum atomic E-state index is -0.718. The van der Waals surface area contributed by atoms with Crippen LogP contribution in [0.3, 0.4) is 0 Å². The highest BCUT2D eigenvalue weighted by atomic mass is 19.1. The third-order valence-electron chi connectivity index (χ3n) is 4.18. The van der Waals surface area contributed by atoms with E-state index in [0.29, 0.717) is 31.9 Å². The van der Waals surface area contributed by atoms with E-state index in [9.17, 15) is 9.18 Å². The van der Waals surface area contributed by atoms with Gasteiger partial charge in [0.25, 0.3) is 0 Å². The molecule has 0 aromatic carbocycles. The summed E-state index contributed by atoms with van der Waals surface area (Å²) in [7, 11) is 1.43. The fourth-order valence-corrected chi connectivity index (χ4v) is 2.97. The SMILES string of the molecule is COC(=O)CC1CCC(OC[C@@H]2C[C@H](F)CN2)CC1. The van der Waals surface area contributed by atoms with Crippen molar-refractivity contribution in [1.29, 1.82) is 0 Å². The zero-order valence-corrected chi connectivity index (χ0v) is 11.6. The highest BCUT2D eigenvalue weighted by Gasteiger charge is 2.27. The van der Waals surface area contributed by atoms with Gasteiger partial charge >= 0.3 is 5.97 Å². The van der Waals surface area contributed by atoms with Gasteiger partial charge in [-0.2, -0.15) is 0 Å². The zero-order valence-electron chi connectivity index (χ0n) is 11.6. The number of hydrogen-bond donors (Lipinski definition) is 1. The van der Waals surface area contributed by atoms with Gasteiger partial charge in [0.15, 0.2) is 0 Å². The lowest BCUT2D eigenvalue weighted by Crippen LogP contribution is -2.31. The molecule has 0 radical (unpaired) electrons. The normalized spacial score (nSPS) is 35.3. The molecule has 1 heterocycles. The predicted octanol–water partition coefficient (Wildman–Crippen LogP) is 1.82. The third-order valence-corrected chi connectivity index (χ3v) is 4.18. The van der Waals surface area contributed by atoms with Crippen LogP contribution in [0.2, 0.25) is 0 Å². The van der Waals surface area contributed by atoms with Crippen LogP contribution in [0.15, 0.2) is 0 Å². The predicted molar refractivity (Wildman–Crippen MR) is 69.6 cm³/mol. The van der Waals surface area contributed by atoms with E-state index >= 15 is 0 Å². The van der Waals surface area contributed by atoms with Crippen molar-refractivity contribution < 1.29 is 18.7 Å². The number of rotatable bonds is 5. The number of alkyl halides is 1. The fourth-order valence-electron chi connectivity index (χ4n) is 2.97. The van der Waals surface area contributed by atoms with Crippen LogP contribution in [0.5, 0.6) is 0 Å². The Morgan fingerprint density at radius 3 is 2.63 bits per heavy atom. The summed E-state index contributed by atoms with van der Waals surface area (Å²) in [6, 6.07) is 0.169. The van der Waals surface area contributed by atoms with E-state index in [-0.39, 0.29) is 18.1 Å². The van der Waals surface area contributed by atoms with Crippen molar-refractivity contribution in [3.05, 3.63) is 0 Å². The number of carbonyl (C=O) groups excluding carboxylic acids is 1. The van der Waals surface area contributed by atoms with Crippen molar-refractivity contribution in [3.63, 3.8) is 0 Å². The van der Waals surface area contributed by atoms with Crippen molar-refractivity contribution in [1.82, 2.24) is 5.32 Å². The molecule has 0 aromatic heterocycles. The van der Waals surface area contributed by atoms with Crippen LogP contribution in [0.1, 0.15) is 38.5 Å². The molecule has 1 aliphatic carbocycles. The quantitative estimate of drug-likeness (QED) is 0.776. The third kappa shape index (κ3) is 4.73. The second kappa shape index (κ2) is 7.20. The van der Waals surface area contributed by atoms with E-state index < -0.39 is 6.17 Å². The van der Waals surface area contributed by atoms with Gasteiger partial charge in [-0.3, -0.25) is 4.79 Å². The van der Waals surface area contributed by atoms with Gasteiger partial charge in [-0.1, -0.05) is 0 Å². The van der Waals surface area contributed by atoms with E-state index in [1.54, 1.807) is 0 Å². The van der Waals surface area contributed by atoms with Crippen LogP contribution in [-0.2, 0) is 14.3 Å². The standard InChI is InChI=1S/C14H24FNO3/c1-18-14(17)6-10-2-4-13(5-3-10)19-9-12-7-11(15)8-16-12/h10-13,16H,2-9H2,1H3/t10?,11-,12-,13?/m0/s1. The molecule has 1 aliphatic heterocycles. The van der Waals surface area contributed by atoms with Gasteiger partial charge in [0.2, 0.25) is 0 Å². The number of halogens is 1. The molecule has 19 heavy (non-hydrogen) atoms. The Morgan fingerprint density at radius 1 is 1.32 bits per heavy atom. The lowest BCUT2D eigenvalue weighted by molar-refractivity contribution is -0.142. The molecule has 1 N–H and O–H groups in total. The molecule has 2 aliphatic rings. The zero-order chi connectivity index (χ0) is 13.7. The van der Waals surface area contributed by atoms with Crippen LogP contribution < -0.4 is 5.32 Å². The lowest BCUT2D eigenvalue weighted by Gasteiger charge is -2.28. The summed E-state index contributed by atoms with van der Waals surface area (Å²) in [6.45, 7) is 1.06. The summed E-state index contributed by atoms with van der Waals surface area (Å²) in [5.41, 5.74) is 0. The monoisotopic (exact) mass is 273 g/mol. The molecule has 0 aromatic rings. The second-order valence-electron chi connectivity index (χ2n) is 5.69. The van der Waals surface area contributed by atoms with Gasteiger partial charge in [-0.15, -0.1) is 0 Å². The number of nitrogens with one attached hydrogen (secondary N) is 1. The Morgan fingerprint density at radius 2 is 2.05 bits per heavy atom. The molecule has 1 saturated heterocycles. The Kier molecular flexibility index (Phi) is 5.58. The van der Waals surface area contributed by atoms with Crippen LogP contribution in [0, 0.1) is 5.92 Å². The number of ether oxygens (including phenoxy) is 2. The highest BCUT2D eigenvalue weighted by molar-refractivity contribution is 5.69. The summed E-state index contributed by atoms with van der Waals surface area (Å²) in [5.74, 6) is 0.320. The average Bonchev–Trinajstić information content (AvgIpc) is 2.83. The molecule has 2 rings (SSSR count). The van der Waals surface area contributed by atoms with E-state index in [0.717, 1.165) is 25.7 Å². The molecule has 0 unspecified atom stereocenters. The van der Waals surface area contributed by atoms with Crippen molar-refractivity contribution in [3.8, 4) is 0 Å². The van der Waals surface area contributed by atoms with Gasteiger partial charge in [0.1, 0.15) is 6.17 Å². The van der Waals surface area contributed by atoms with E-state index in [2.05, 4.69) is 5.32 Å². The van der Waals surface area contributed by atoms with Gasteiger partial charge in [-0.25, -0.2) is 4.39 Å². The van der Waals surface area contributed by atoms with Crippen molar-refractivity contribution in [2.75, 3.05) is 20.3 Å². The molecule has 2 atom stereocenters. The molecule has 0 spiro atoms. The Labute approximate surface area is 114 Å². The van der Waals surface area contributed by atoms with Crippen molar-refractivity contribution >= 4 is 5.97 Å². The first kappa shape index (κ1) is 14.7. The van der Waals surface area contributed by atoms with E-state index in [1.807, 2.05) is 0 Å². The first-order valence-corrected chi connectivity index (χ1v) is 7.23. The molecule has 5 heteroatoms. The number of carbonyl (C=O) groups is 1. The Hall–Kier alpha value is -0.680. The first-order chi connectivity index (χ1) is 9.17. The fraction of sp³-hybridized carbons (Fsp3) is 0.929. The Balaban J connectivity index is 1.59. The largest absolute Gasteiger partial charge is 0.469 e. The Bertz CT molecular complexity index is 292. The summed E-state index contributed by atoms with van der Waals surface area (Å²) in [4.78, 5) is 11.2. The van der Waals surface area contributed by atoms with Gasteiger partial charge in [0, 0.05) is 19.0 Å². The maximum atomic E-state index is 13.0. The smallest absolute Gasteiger partial charge is 0.305 e. The molecular formula is C14H24FNO3. The van der Waals surface area contributed by atoms with Crippen LogP contribution in [-0.4, -0.2) is 44.5 Å². The number of hydrogen-bond acceptors (Lipinski definition) is 4. The molecule has 4 nitrogen and oxygen atoms in total. The lowest BCUT2D eigenvalue weighted by atomic mass is 9.85. The molecular weight excluding hydrogens is 249 g/mol. The van der Waals surface area contributed by atoms with Gasteiger partial charge < -0.3 is 14.8 Å².